The molecule has 2 N–H and O–H groups in total. The molecule has 1 aliphatic carbocycles. The molecule has 0 unspecified atom stereocenters. The summed E-state index contributed by atoms with van der Waals surface area (Å²) in [7, 11) is 0. The van der Waals surface area contributed by atoms with Crippen molar-refractivity contribution in [1.29, 1.82) is 0 Å². The first-order valence-electron chi connectivity index (χ1n) is 6.92. The molecule has 0 aliphatic heterocycles. The molecule has 21 heavy (non-hydrogen) atoms. The lowest BCUT2D eigenvalue weighted by Gasteiger charge is -2.20. The number of halogens is 1. The highest BCUT2D eigenvalue weighted by Gasteiger charge is 2.18. The number of aryl methyl sites for hydroxylation is 1. The van der Waals surface area contributed by atoms with Crippen LogP contribution in [0.15, 0.2) is 30.5 Å². The highest BCUT2D eigenvalue weighted by atomic mass is 19.1. The van der Waals surface area contributed by atoms with Gasteiger partial charge in [-0.15, -0.1) is 0 Å². The number of benzene rings is 1. The summed E-state index contributed by atoms with van der Waals surface area (Å²) < 4.78 is 14.1. The van der Waals surface area contributed by atoms with Gasteiger partial charge in [-0.05, 0) is 48.9 Å². The molecule has 0 atom stereocenters. The number of carboxylic acid groups (broad SMARTS) is 1. The van der Waals surface area contributed by atoms with E-state index >= 15 is 0 Å². The minimum absolute atomic E-state index is 0.0473. The highest BCUT2D eigenvalue weighted by molar-refractivity contribution is 5.89. The van der Waals surface area contributed by atoms with Gasteiger partial charge < -0.3 is 10.4 Å². The maximum absolute atomic E-state index is 14.1. The van der Waals surface area contributed by atoms with Gasteiger partial charge in [0.05, 0.1) is 0 Å². The average Bonchev–Trinajstić information content (AvgIpc) is 2.49. The molecule has 0 saturated carbocycles. The van der Waals surface area contributed by atoms with E-state index in [1.54, 1.807) is 0 Å². The molecule has 1 heterocycles. The monoisotopic (exact) mass is 286 g/mol. The summed E-state index contributed by atoms with van der Waals surface area (Å²) in [5, 5.41) is 11.9. The van der Waals surface area contributed by atoms with Crippen LogP contribution in [-0.2, 0) is 12.8 Å². The summed E-state index contributed by atoms with van der Waals surface area (Å²) >= 11 is 0. The average molecular weight is 286 g/mol. The number of pyridine rings is 1. The Morgan fingerprint density at radius 3 is 2.86 bits per heavy atom. The predicted octanol–water partition coefficient (Wildman–Crippen LogP) is 3.54. The molecule has 0 saturated heterocycles. The van der Waals surface area contributed by atoms with Crippen LogP contribution in [-0.4, -0.2) is 16.1 Å². The SMILES string of the molecule is O=C(O)c1ccnc(Nc2cccc3c2CCCC3)c1F. The molecule has 1 aliphatic rings. The third-order valence-electron chi connectivity index (χ3n) is 3.77. The van der Waals surface area contributed by atoms with Crippen LogP contribution in [0.3, 0.4) is 0 Å². The van der Waals surface area contributed by atoms with E-state index in [-0.39, 0.29) is 11.4 Å². The van der Waals surface area contributed by atoms with Crippen LogP contribution in [0.2, 0.25) is 0 Å². The molecule has 0 fully saturated rings. The van der Waals surface area contributed by atoms with Crippen molar-refractivity contribution in [3.63, 3.8) is 0 Å². The first-order chi connectivity index (χ1) is 10.2. The fraction of sp³-hybridized carbons (Fsp3) is 0.250. The first kappa shape index (κ1) is 13.5. The van der Waals surface area contributed by atoms with Gasteiger partial charge in [0.1, 0.15) is 5.56 Å². The van der Waals surface area contributed by atoms with Crippen molar-refractivity contribution in [2.24, 2.45) is 0 Å². The first-order valence-corrected chi connectivity index (χ1v) is 6.92. The molecule has 0 radical (unpaired) electrons. The standard InChI is InChI=1S/C16H15FN2O2/c17-14-12(16(20)21)8-9-18-15(14)19-13-7-3-5-10-4-1-2-6-11(10)13/h3,5,7-9H,1-2,4,6H2,(H,18,19)(H,20,21). The molecular weight excluding hydrogens is 271 g/mol. The second kappa shape index (κ2) is 5.52. The van der Waals surface area contributed by atoms with Gasteiger partial charge in [0.2, 0.25) is 0 Å². The van der Waals surface area contributed by atoms with Crippen LogP contribution < -0.4 is 5.32 Å². The van der Waals surface area contributed by atoms with Gasteiger partial charge in [-0.3, -0.25) is 0 Å². The summed E-state index contributed by atoms with van der Waals surface area (Å²) in [6.07, 6.45) is 5.53. The minimum atomic E-state index is -1.30. The Morgan fingerprint density at radius 1 is 1.24 bits per heavy atom. The van der Waals surface area contributed by atoms with Crippen LogP contribution in [0, 0.1) is 5.82 Å². The fourth-order valence-electron chi connectivity index (χ4n) is 2.72. The van der Waals surface area contributed by atoms with Gasteiger partial charge in [0.25, 0.3) is 0 Å². The van der Waals surface area contributed by atoms with Crippen molar-refractivity contribution in [1.82, 2.24) is 4.98 Å². The number of hydrogen-bond acceptors (Lipinski definition) is 3. The maximum atomic E-state index is 14.1. The quantitative estimate of drug-likeness (QED) is 0.906. The molecular formula is C16H15FN2O2. The number of nitrogens with zero attached hydrogens (tertiary/aromatic N) is 1. The van der Waals surface area contributed by atoms with Gasteiger partial charge in [-0.25, -0.2) is 14.2 Å². The van der Waals surface area contributed by atoms with E-state index in [1.807, 2.05) is 12.1 Å². The summed E-state index contributed by atoms with van der Waals surface area (Å²) in [5.74, 6) is -2.18. The van der Waals surface area contributed by atoms with Crippen molar-refractivity contribution < 1.29 is 14.3 Å². The minimum Gasteiger partial charge on any atom is -0.478 e. The zero-order valence-electron chi connectivity index (χ0n) is 11.4. The lowest BCUT2D eigenvalue weighted by Crippen LogP contribution is -2.09. The second-order valence-electron chi connectivity index (χ2n) is 5.10. The molecule has 0 amide bonds. The molecule has 0 bridgehead atoms. The molecule has 3 rings (SSSR count). The van der Waals surface area contributed by atoms with Crippen LogP contribution in [0.5, 0.6) is 0 Å². The Morgan fingerprint density at radius 2 is 2.05 bits per heavy atom. The number of hydrogen-bond donors (Lipinski definition) is 2. The van der Waals surface area contributed by atoms with Crippen molar-refractivity contribution in [3.05, 3.63) is 53.0 Å². The van der Waals surface area contributed by atoms with Crippen molar-refractivity contribution in [3.8, 4) is 0 Å². The molecule has 108 valence electrons. The predicted molar refractivity (Wildman–Crippen MR) is 77.5 cm³/mol. The van der Waals surface area contributed by atoms with E-state index in [0.29, 0.717) is 0 Å². The number of aromatic carboxylic acids is 1. The van der Waals surface area contributed by atoms with Crippen LogP contribution in [0.25, 0.3) is 0 Å². The number of carbonyl (C=O) groups is 1. The lowest BCUT2D eigenvalue weighted by molar-refractivity contribution is 0.0692. The number of rotatable bonds is 3. The van der Waals surface area contributed by atoms with Crippen molar-refractivity contribution in [2.45, 2.75) is 25.7 Å². The Kier molecular flexibility index (Phi) is 3.56. The lowest BCUT2D eigenvalue weighted by atomic mass is 9.90. The van der Waals surface area contributed by atoms with E-state index in [4.69, 9.17) is 5.11 Å². The van der Waals surface area contributed by atoms with E-state index in [1.165, 1.54) is 17.3 Å². The molecule has 0 spiro atoms. The largest absolute Gasteiger partial charge is 0.478 e. The topological polar surface area (TPSA) is 62.2 Å². The van der Waals surface area contributed by atoms with Crippen molar-refractivity contribution >= 4 is 17.5 Å². The van der Waals surface area contributed by atoms with Crippen LogP contribution in [0.4, 0.5) is 15.9 Å². The molecule has 2 aromatic rings. The van der Waals surface area contributed by atoms with Gasteiger partial charge in [-0.1, -0.05) is 12.1 Å². The van der Waals surface area contributed by atoms with Gasteiger partial charge in [0, 0.05) is 11.9 Å². The van der Waals surface area contributed by atoms with E-state index < -0.39 is 11.8 Å². The summed E-state index contributed by atoms with van der Waals surface area (Å²) in [6, 6.07) is 7.03. The number of carboxylic acids is 1. The smallest absolute Gasteiger partial charge is 0.338 e. The molecule has 4 nitrogen and oxygen atoms in total. The van der Waals surface area contributed by atoms with E-state index in [0.717, 1.165) is 37.4 Å². The number of aromatic nitrogens is 1. The highest BCUT2D eigenvalue weighted by Crippen LogP contribution is 2.30. The molecule has 5 heteroatoms. The third kappa shape index (κ3) is 2.59. The van der Waals surface area contributed by atoms with Gasteiger partial charge >= 0.3 is 5.97 Å². The number of nitrogens with one attached hydrogen (secondary N) is 1. The van der Waals surface area contributed by atoms with E-state index in [9.17, 15) is 9.18 Å². The second-order valence-corrected chi connectivity index (χ2v) is 5.10. The Bertz CT molecular complexity index is 701. The van der Waals surface area contributed by atoms with Gasteiger partial charge in [-0.2, -0.15) is 0 Å². The number of anilines is 2. The Labute approximate surface area is 121 Å². The zero-order valence-corrected chi connectivity index (χ0v) is 11.4. The maximum Gasteiger partial charge on any atom is 0.338 e. The number of fused-ring (bicyclic) bond motifs is 1. The zero-order chi connectivity index (χ0) is 14.8. The molecule has 1 aromatic carbocycles. The van der Waals surface area contributed by atoms with Crippen LogP contribution in [0.1, 0.15) is 34.3 Å². The van der Waals surface area contributed by atoms with Crippen molar-refractivity contribution in [2.75, 3.05) is 5.32 Å². The molecule has 1 aromatic heterocycles. The van der Waals surface area contributed by atoms with Gasteiger partial charge in [0.15, 0.2) is 11.6 Å². The Hall–Kier alpha value is -2.43. The third-order valence-corrected chi connectivity index (χ3v) is 3.77. The normalized spacial score (nSPS) is 13.6. The summed E-state index contributed by atoms with van der Waals surface area (Å²) in [4.78, 5) is 14.9. The summed E-state index contributed by atoms with van der Waals surface area (Å²) in [5.41, 5.74) is 2.87. The van der Waals surface area contributed by atoms with E-state index in [2.05, 4.69) is 16.4 Å². The fourth-order valence-corrected chi connectivity index (χ4v) is 2.72. The van der Waals surface area contributed by atoms with Crippen LogP contribution >= 0.6 is 0 Å². The Balaban J connectivity index is 1.98. The summed E-state index contributed by atoms with van der Waals surface area (Å²) in [6.45, 7) is 0.